The van der Waals surface area contributed by atoms with E-state index in [1.165, 1.54) is 0 Å². The van der Waals surface area contributed by atoms with Gasteiger partial charge in [-0.2, -0.15) is 0 Å². The number of ether oxygens (including phenoxy) is 2. The molecule has 0 bridgehead atoms. The second-order valence-electron chi connectivity index (χ2n) is 7.32. The Balaban J connectivity index is 1.83. The van der Waals surface area contributed by atoms with E-state index in [0.717, 1.165) is 25.7 Å². The number of amides is 1. The number of hydrogen-bond acceptors (Lipinski definition) is 5. The molecule has 22 heavy (non-hydrogen) atoms. The summed E-state index contributed by atoms with van der Waals surface area (Å²) in [6.07, 6.45) is 3.28. The van der Waals surface area contributed by atoms with E-state index in [4.69, 9.17) is 9.47 Å². The molecule has 1 unspecified atom stereocenters. The van der Waals surface area contributed by atoms with E-state index in [0.29, 0.717) is 32.3 Å². The Hall–Kier alpha value is -0.850. The normalized spacial score (nSPS) is 30.2. The summed E-state index contributed by atoms with van der Waals surface area (Å²) in [5, 5.41) is 13.1. The molecule has 6 heteroatoms. The molecular weight excluding hydrogens is 284 g/mol. The van der Waals surface area contributed by atoms with Crippen LogP contribution in [0.2, 0.25) is 0 Å². The lowest BCUT2D eigenvalue weighted by molar-refractivity contribution is -0.0326. The smallest absolute Gasteiger partial charge is 0.410 e. The van der Waals surface area contributed by atoms with Gasteiger partial charge in [-0.1, -0.05) is 0 Å². The predicted octanol–water partition coefficient (Wildman–Crippen LogP) is 1.52. The first-order valence-corrected chi connectivity index (χ1v) is 8.34. The van der Waals surface area contributed by atoms with Gasteiger partial charge in [0, 0.05) is 19.1 Å². The number of hydrogen-bond donors (Lipinski definition) is 2. The second kappa shape index (κ2) is 7.62. The van der Waals surface area contributed by atoms with Crippen LogP contribution < -0.4 is 5.32 Å². The molecule has 0 radical (unpaired) electrons. The molecule has 0 aromatic carbocycles. The van der Waals surface area contributed by atoms with Gasteiger partial charge in [-0.05, 0) is 46.5 Å². The van der Waals surface area contributed by atoms with Crippen LogP contribution in [-0.2, 0) is 9.47 Å². The van der Waals surface area contributed by atoms with Crippen molar-refractivity contribution in [1.29, 1.82) is 0 Å². The summed E-state index contributed by atoms with van der Waals surface area (Å²) in [4.78, 5) is 14.1. The molecule has 1 saturated heterocycles. The fourth-order valence-electron chi connectivity index (χ4n) is 2.97. The molecule has 2 rings (SSSR count). The quantitative estimate of drug-likeness (QED) is 0.826. The van der Waals surface area contributed by atoms with Crippen molar-refractivity contribution >= 4 is 6.09 Å². The molecule has 1 saturated carbocycles. The first kappa shape index (κ1) is 17.5. The van der Waals surface area contributed by atoms with E-state index < -0.39 is 5.60 Å². The predicted molar refractivity (Wildman–Crippen MR) is 83.8 cm³/mol. The van der Waals surface area contributed by atoms with E-state index in [-0.39, 0.29) is 18.2 Å². The zero-order valence-electron chi connectivity index (χ0n) is 14.0. The number of nitrogens with zero attached hydrogens (tertiary/aromatic N) is 1. The van der Waals surface area contributed by atoms with Gasteiger partial charge in [-0.15, -0.1) is 0 Å². The Bertz CT molecular complexity index is 362. The zero-order chi connectivity index (χ0) is 16.2. The lowest BCUT2D eigenvalue weighted by atomic mass is 9.93. The van der Waals surface area contributed by atoms with Crippen molar-refractivity contribution in [3.05, 3.63) is 0 Å². The molecule has 0 aromatic heterocycles. The third kappa shape index (κ3) is 5.41. The van der Waals surface area contributed by atoms with Gasteiger partial charge in [0.25, 0.3) is 0 Å². The molecule has 2 N–H and O–H groups in total. The summed E-state index contributed by atoms with van der Waals surface area (Å²) in [5.74, 6) is 0. The monoisotopic (exact) mass is 314 g/mol. The molecule has 1 aliphatic heterocycles. The summed E-state index contributed by atoms with van der Waals surface area (Å²) < 4.78 is 11.0. The Morgan fingerprint density at radius 1 is 1.32 bits per heavy atom. The van der Waals surface area contributed by atoms with Gasteiger partial charge in [-0.3, -0.25) is 4.90 Å². The van der Waals surface area contributed by atoms with Crippen molar-refractivity contribution in [1.82, 2.24) is 10.2 Å². The molecule has 1 atom stereocenters. The van der Waals surface area contributed by atoms with E-state index in [2.05, 4.69) is 5.32 Å². The van der Waals surface area contributed by atoms with Gasteiger partial charge < -0.3 is 19.9 Å². The van der Waals surface area contributed by atoms with Gasteiger partial charge in [0.05, 0.1) is 25.4 Å². The van der Waals surface area contributed by atoms with Crippen molar-refractivity contribution < 1.29 is 19.4 Å². The molecule has 6 nitrogen and oxygen atoms in total. The minimum absolute atomic E-state index is 0.00968. The van der Waals surface area contributed by atoms with E-state index >= 15 is 0 Å². The summed E-state index contributed by atoms with van der Waals surface area (Å²) in [7, 11) is 0. The lowest BCUT2D eigenvalue weighted by Crippen LogP contribution is -2.55. The second-order valence-corrected chi connectivity index (χ2v) is 7.32. The van der Waals surface area contributed by atoms with Gasteiger partial charge in [0.1, 0.15) is 5.60 Å². The molecule has 0 aromatic rings. The van der Waals surface area contributed by atoms with Crippen LogP contribution in [0.1, 0.15) is 46.5 Å². The number of morpholine rings is 1. The van der Waals surface area contributed by atoms with E-state index in [1.807, 2.05) is 20.8 Å². The Morgan fingerprint density at radius 2 is 2.00 bits per heavy atom. The lowest BCUT2D eigenvalue weighted by Gasteiger charge is -2.37. The van der Waals surface area contributed by atoms with E-state index in [1.54, 1.807) is 4.90 Å². The highest BCUT2D eigenvalue weighted by molar-refractivity contribution is 5.68. The van der Waals surface area contributed by atoms with Crippen LogP contribution in [0.25, 0.3) is 0 Å². The minimum Gasteiger partial charge on any atom is -0.444 e. The van der Waals surface area contributed by atoms with Crippen molar-refractivity contribution in [3.8, 4) is 0 Å². The van der Waals surface area contributed by atoms with Crippen molar-refractivity contribution in [3.63, 3.8) is 0 Å². The van der Waals surface area contributed by atoms with Crippen LogP contribution >= 0.6 is 0 Å². The summed E-state index contributed by atoms with van der Waals surface area (Å²) in [6, 6.07) is 0.432. The molecule has 2 fully saturated rings. The first-order chi connectivity index (χ1) is 10.3. The molecule has 128 valence electrons. The highest BCUT2D eigenvalue weighted by Gasteiger charge is 2.31. The van der Waals surface area contributed by atoms with Crippen molar-refractivity contribution in [2.45, 2.75) is 70.2 Å². The number of carbonyl (C=O) groups is 1. The number of aliphatic hydroxyl groups is 1. The largest absolute Gasteiger partial charge is 0.444 e. The highest BCUT2D eigenvalue weighted by Crippen LogP contribution is 2.19. The maximum Gasteiger partial charge on any atom is 0.410 e. The van der Waals surface area contributed by atoms with E-state index in [9.17, 15) is 9.90 Å². The average molecular weight is 314 g/mol. The average Bonchev–Trinajstić information content (AvgIpc) is 2.45. The van der Waals surface area contributed by atoms with Crippen LogP contribution in [0.15, 0.2) is 0 Å². The first-order valence-electron chi connectivity index (χ1n) is 8.34. The van der Waals surface area contributed by atoms with Crippen LogP contribution in [0.4, 0.5) is 4.79 Å². The number of aliphatic hydroxyl groups excluding tert-OH is 1. The zero-order valence-corrected chi connectivity index (χ0v) is 14.0. The fraction of sp³-hybridized carbons (Fsp3) is 0.938. The minimum atomic E-state index is -0.479. The van der Waals surface area contributed by atoms with Crippen LogP contribution in [0.3, 0.4) is 0 Å². The van der Waals surface area contributed by atoms with Crippen LogP contribution in [-0.4, -0.2) is 66.2 Å². The van der Waals surface area contributed by atoms with Gasteiger partial charge in [-0.25, -0.2) is 4.79 Å². The molecule has 1 amide bonds. The summed E-state index contributed by atoms with van der Waals surface area (Å²) in [6.45, 7) is 8.03. The Kier molecular flexibility index (Phi) is 6.06. The molecule has 0 spiro atoms. The molecule has 2 aliphatic rings. The SMILES string of the molecule is CC(C)(C)OC(=O)N1CCOCC1CNC1CCC(O)CC1. The molecular formula is C16H30N2O4. The summed E-state index contributed by atoms with van der Waals surface area (Å²) >= 11 is 0. The Labute approximate surface area is 133 Å². The van der Waals surface area contributed by atoms with Crippen LogP contribution in [0.5, 0.6) is 0 Å². The third-order valence-electron chi connectivity index (χ3n) is 4.19. The maximum absolute atomic E-state index is 12.3. The van der Waals surface area contributed by atoms with Gasteiger partial charge in [0.2, 0.25) is 0 Å². The topological polar surface area (TPSA) is 71.0 Å². The number of rotatable bonds is 3. The number of nitrogens with one attached hydrogen (secondary N) is 1. The summed E-state index contributed by atoms with van der Waals surface area (Å²) in [5.41, 5.74) is -0.479. The van der Waals surface area contributed by atoms with Crippen molar-refractivity contribution in [2.75, 3.05) is 26.3 Å². The van der Waals surface area contributed by atoms with Crippen LogP contribution in [0, 0.1) is 0 Å². The van der Waals surface area contributed by atoms with Gasteiger partial charge >= 0.3 is 6.09 Å². The molecule has 1 aliphatic carbocycles. The number of carbonyl (C=O) groups excluding carboxylic acids is 1. The molecule has 1 heterocycles. The van der Waals surface area contributed by atoms with Crippen molar-refractivity contribution in [2.24, 2.45) is 0 Å². The fourth-order valence-corrected chi connectivity index (χ4v) is 2.97. The standard InChI is InChI=1S/C16H30N2O4/c1-16(2,3)22-15(20)18-8-9-21-11-13(18)10-17-12-4-6-14(19)7-5-12/h12-14,17,19H,4-11H2,1-3H3. The maximum atomic E-state index is 12.3. The third-order valence-corrected chi connectivity index (χ3v) is 4.19. The Morgan fingerprint density at radius 3 is 2.64 bits per heavy atom. The highest BCUT2D eigenvalue weighted by atomic mass is 16.6. The van der Waals surface area contributed by atoms with Gasteiger partial charge in [0.15, 0.2) is 0 Å².